The Morgan fingerprint density at radius 2 is 0.553 bits per heavy atom. The third-order valence-corrected chi connectivity index (χ3v) is 16.3. The lowest BCUT2D eigenvalue weighted by Crippen LogP contribution is -2.53. The van der Waals surface area contributed by atoms with Crippen LogP contribution in [0.5, 0.6) is 0 Å². The Morgan fingerprint density at radius 1 is 0.316 bits per heavy atom. The van der Waals surface area contributed by atoms with Gasteiger partial charge in [0.15, 0.2) is 0 Å². The highest BCUT2D eigenvalue weighted by Crippen LogP contribution is 2.19. The summed E-state index contributed by atoms with van der Waals surface area (Å²) in [6.45, 7) is 4.09. The summed E-state index contributed by atoms with van der Waals surface area (Å²) in [6, 6.07) is -1.01. The molecule has 6 heteroatoms. The van der Waals surface area contributed by atoms with Gasteiger partial charge in [0.25, 0.3) is 0 Å². The second-order valence-corrected chi connectivity index (χ2v) is 23.9. The number of carbonyl (C=O) groups is 1. The third kappa shape index (κ3) is 57.2. The van der Waals surface area contributed by atoms with Crippen LogP contribution in [0, 0.1) is 0 Å². The molecule has 0 spiro atoms. The summed E-state index contributed by atoms with van der Waals surface area (Å²) in [4.78, 5) is 12.7. The van der Waals surface area contributed by atoms with E-state index >= 15 is 0 Å². The lowest BCUT2D eigenvalue weighted by atomic mass is 10.00. The fraction of sp³-hybridized carbons (Fsp3) is 0.900. The van der Waals surface area contributed by atoms with E-state index in [1.807, 2.05) is 0 Å². The number of amides is 1. The van der Waals surface area contributed by atoms with Gasteiger partial charge in [-0.15, -0.1) is 0 Å². The molecule has 0 aliphatic heterocycles. The van der Waals surface area contributed by atoms with Crippen LogP contribution in [-0.4, -0.2) is 57.3 Å². The average molecular weight is 1070 g/mol. The van der Waals surface area contributed by atoms with Crippen molar-refractivity contribution in [2.24, 2.45) is 0 Å². The van der Waals surface area contributed by atoms with E-state index in [1.54, 1.807) is 0 Å². The molecule has 0 aliphatic carbocycles. The topological polar surface area (TPSA) is 110 Å². The maximum absolute atomic E-state index is 12.7. The number of aliphatic hydroxyl groups excluding tert-OH is 4. The van der Waals surface area contributed by atoms with Gasteiger partial charge in [0.2, 0.25) is 5.91 Å². The zero-order valence-electron chi connectivity index (χ0n) is 51.3. The van der Waals surface area contributed by atoms with Crippen molar-refractivity contribution in [3.63, 3.8) is 0 Å². The molecule has 0 aromatic carbocycles. The molecule has 0 aliphatic rings. The van der Waals surface area contributed by atoms with Crippen LogP contribution in [0.15, 0.2) is 36.5 Å². The van der Waals surface area contributed by atoms with Crippen LogP contribution < -0.4 is 5.32 Å². The van der Waals surface area contributed by atoms with Gasteiger partial charge in [-0.2, -0.15) is 0 Å². The summed E-state index contributed by atoms with van der Waals surface area (Å²) in [5, 5.41) is 44.2. The Bertz CT molecular complexity index is 1200. The molecular formula is C70H135NO5. The molecule has 0 aromatic heterocycles. The number of carbonyl (C=O) groups excluding carboxylic acids is 1. The highest BCUT2D eigenvalue weighted by Gasteiger charge is 2.28. The van der Waals surface area contributed by atoms with E-state index in [-0.39, 0.29) is 0 Å². The van der Waals surface area contributed by atoms with Crippen molar-refractivity contribution in [1.29, 1.82) is 0 Å². The molecule has 0 heterocycles. The molecule has 0 fully saturated rings. The number of hydrogen-bond donors (Lipinski definition) is 5. The van der Waals surface area contributed by atoms with E-state index < -0.39 is 36.9 Å². The normalized spacial score (nSPS) is 13.7. The minimum Gasteiger partial charge on any atom is -0.394 e. The molecule has 4 unspecified atom stereocenters. The van der Waals surface area contributed by atoms with Crippen LogP contribution >= 0.6 is 0 Å². The van der Waals surface area contributed by atoms with Gasteiger partial charge in [-0.3, -0.25) is 4.79 Å². The second kappa shape index (κ2) is 64.4. The Balaban J connectivity index is 3.59. The van der Waals surface area contributed by atoms with Gasteiger partial charge >= 0.3 is 0 Å². The van der Waals surface area contributed by atoms with Gasteiger partial charge < -0.3 is 25.7 Å². The molecule has 0 saturated heterocycles. The molecule has 5 N–H and O–H groups in total. The maximum atomic E-state index is 12.7. The van der Waals surface area contributed by atoms with Crippen molar-refractivity contribution >= 4 is 5.91 Å². The first-order valence-corrected chi connectivity index (χ1v) is 34.4. The monoisotopic (exact) mass is 1070 g/mol. The van der Waals surface area contributed by atoms with Crippen molar-refractivity contribution in [2.45, 2.75) is 398 Å². The quantitative estimate of drug-likeness (QED) is 0.0308. The van der Waals surface area contributed by atoms with Crippen LogP contribution in [0.25, 0.3) is 0 Å². The standard InChI is InChI=1S/C70H135NO5/c1-3-5-7-9-11-13-15-17-19-21-23-25-27-29-31-33-34-35-36-38-40-42-44-46-48-50-52-54-56-58-60-62-64-68(74)70(76)71-66(65-72)69(75)67(73)63-61-59-57-55-53-51-49-47-45-43-41-39-37-32-30-28-26-24-22-20-18-16-14-12-10-8-6-4-2/h29,31,47,49,55,57,66-69,72-75H,3-28,30,32-46,48,50-54,56,58-65H2,1-2H3,(H,71,76)/b31-29-,49-47+,57-55+. The number of allylic oxidation sites excluding steroid dienone is 6. The van der Waals surface area contributed by atoms with Gasteiger partial charge in [-0.1, -0.05) is 333 Å². The minimum absolute atomic E-state index is 0.362. The van der Waals surface area contributed by atoms with Gasteiger partial charge in [-0.25, -0.2) is 0 Å². The molecule has 0 bridgehead atoms. The summed E-state index contributed by atoms with van der Waals surface area (Å²) >= 11 is 0. The molecule has 6 nitrogen and oxygen atoms in total. The first-order valence-electron chi connectivity index (χ1n) is 34.4. The summed E-state index contributed by atoms with van der Waals surface area (Å²) in [5.41, 5.74) is 0. The predicted molar refractivity (Wildman–Crippen MR) is 334 cm³/mol. The smallest absolute Gasteiger partial charge is 0.249 e. The Morgan fingerprint density at radius 3 is 0.829 bits per heavy atom. The Kier molecular flexibility index (Phi) is 63.1. The number of aliphatic hydroxyl groups is 4. The molecule has 0 rings (SSSR count). The lowest BCUT2D eigenvalue weighted by Gasteiger charge is -2.27. The van der Waals surface area contributed by atoms with E-state index in [9.17, 15) is 25.2 Å². The largest absolute Gasteiger partial charge is 0.394 e. The van der Waals surface area contributed by atoms with Crippen LogP contribution in [0.4, 0.5) is 0 Å². The lowest BCUT2D eigenvalue weighted by molar-refractivity contribution is -0.132. The highest BCUT2D eigenvalue weighted by atomic mass is 16.3. The fourth-order valence-corrected chi connectivity index (χ4v) is 11.0. The zero-order chi connectivity index (χ0) is 55.1. The van der Waals surface area contributed by atoms with E-state index in [0.29, 0.717) is 19.3 Å². The summed E-state index contributed by atoms with van der Waals surface area (Å²) < 4.78 is 0. The molecule has 1 amide bonds. The van der Waals surface area contributed by atoms with E-state index in [2.05, 4.69) is 55.6 Å². The van der Waals surface area contributed by atoms with E-state index in [4.69, 9.17) is 0 Å². The second-order valence-electron chi connectivity index (χ2n) is 23.9. The van der Waals surface area contributed by atoms with Crippen LogP contribution in [0.2, 0.25) is 0 Å². The van der Waals surface area contributed by atoms with Crippen molar-refractivity contribution < 1.29 is 25.2 Å². The summed E-state index contributed by atoms with van der Waals surface area (Å²) in [7, 11) is 0. The van der Waals surface area contributed by atoms with E-state index in [1.165, 1.54) is 302 Å². The molecule has 4 atom stereocenters. The Hall–Kier alpha value is -1.47. The molecule has 450 valence electrons. The summed E-state index contributed by atoms with van der Waals surface area (Å²) in [6.07, 6.45) is 82.7. The first kappa shape index (κ1) is 74.5. The summed E-state index contributed by atoms with van der Waals surface area (Å²) in [5.74, 6) is -0.591. The third-order valence-electron chi connectivity index (χ3n) is 16.3. The van der Waals surface area contributed by atoms with Gasteiger partial charge in [0, 0.05) is 0 Å². The maximum Gasteiger partial charge on any atom is 0.249 e. The Labute approximate surface area is 475 Å². The first-order chi connectivity index (χ1) is 37.5. The van der Waals surface area contributed by atoms with Crippen LogP contribution in [-0.2, 0) is 4.79 Å². The van der Waals surface area contributed by atoms with Gasteiger partial charge in [0.1, 0.15) is 12.2 Å². The zero-order valence-corrected chi connectivity index (χ0v) is 51.3. The number of rotatable bonds is 64. The minimum atomic E-state index is -1.29. The predicted octanol–water partition coefficient (Wildman–Crippen LogP) is 21.1. The molecule has 0 radical (unpaired) electrons. The van der Waals surface area contributed by atoms with E-state index in [0.717, 1.165) is 38.5 Å². The van der Waals surface area contributed by atoms with Gasteiger partial charge in [0.05, 0.1) is 18.8 Å². The fourth-order valence-electron chi connectivity index (χ4n) is 11.0. The van der Waals surface area contributed by atoms with Gasteiger partial charge in [-0.05, 0) is 77.0 Å². The number of unbranched alkanes of at least 4 members (excludes halogenated alkanes) is 49. The van der Waals surface area contributed by atoms with Crippen molar-refractivity contribution in [1.82, 2.24) is 5.32 Å². The van der Waals surface area contributed by atoms with Crippen molar-refractivity contribution in [2.75, 3.05) is 6.61 Å². The molecule has 76 heavy (non-hydrogen) atoms. The molecule has 0 aromatic rings. The van der Waals surface area contributed by atoms with Crippen molar-refractivity contribution in [3.05, 3.63) is 36.5 Å². The molecular weight excluding hydrogens is 935 g/mol. The van der Waals surface area contributed by atoms with Crippen molar-refractivity contribution in [3.8, 4) is 0 Å². The average Bonchev–Trinajstić information content (AvgIpc) is 3.42. The molecule has 0 saturated carbocycles. The highest BCUT2D eigenvalue weighted by molar-refractivity contribution is 5.80. The van der Waals surface area contributed by atoms with Crippen LogP contribution in [0.1, 0.15) is 373 Å². The van der Waals surface area contributed by atoms with Crippen LogP contribution in [0.3, 0.4) is 0 Å². The number of hydrogen-bond acceptors (Lipinski definition) is 5. The SMILES string of the molecule is CCCCCCCCCCCCCC/C=C\CCCCCCCCCCCCCCCCCCC(O)C(=O)NC(CO)C(O)C(O)CCC/C=C/CC/C=C/CCCCCCCCCCCCCCCCCCCCC. The number of nitrogens with one attached hydrogen (secondary N) is 1.